The first-order chi connectivity index (χ1) is 11.7. The van der Waals surface area contributed by atoms with Crippen LogP contribution in [0.3, 0.4) is 0 Å². The van der Waals surface area contributed by atoms with E-state index < -0.39 is 0 Å². The molecular weight excluding hydrogens is 292 g/mol. The molecule has 0 atom stereocenters. The number of unbranched alkanes of at least 4 members (excludes halogenated alkanes) is 7. The van der Waals surface area contributed by atoms with Crippen LogP contribution < -0.4 is 11.5 Å². The van der Waals surface area contributed by atoms with E-state index in [9.17, 15) is 0 Å². The summed E-state index contributed by atoms with van der Waals surface area (Å²) in [7, 11) is 0. The second-order valence-electron chi connectivity index (χ2n) is 6.76. The standard InChI is InChI=1S/C22H32N2/c1-2-3-4-5-6-7-8-9-10-20-17-19(13-16-22(20)24)18-11-14-21(23)15-12-18/h11-17H,2-10,23-24H2,1H3. The lowest BCUT2D eigenvalue weighted by molar-refractivity contribution is 0.575. The molecule has 0 spiro atoms. The van der Waals surface area contributed by atoms with E-state index in [0.29, 0.717) is 0 Å². The van der Waals surface area contributed by atoms with Crippen LogP contribution >= 0.6 is 0 Å². The van der Waals surface area contributed by atoms with Crippen molar-refractivity contribution < 1.29 is 0 Å². The van der Waals surface area contributed by atoms with Crippen molar-refractivity contribution >= 4 is 11.4 Å². The fourth-order valence-electron chi connectivity index (χ4n) is 3.13. The lowest BCUT2D eigenvalue weighted by atomic mass is 9.98. The Hall–Kier alpha value is -1.96. The van der Waals surface area contributed by atoms with Crippen LogP contribution in [0.4, 0.5) is 11.4 Å². The number of hydrogen-bond donors (Lipinski definition) is 2. The van der Waals surface area contributed by atoms with Gasteiger partial charge in [-0.2, -0.15) is 0 Å². The van der Waals surface area contributed by atoms with Gasteiger partial charge < -0.3 is 11.5 Å². The quantitative estimate of drug-likeness (QED) is 0.404. The highest BCUT2D eigenvalue weighted by atomic mass is 14.6. The van der Waals surface area contributed by atoms with Crippen LogP contribution in [-0.4, -0.2) is 0 Å². The molecule has 0 saturated heterocycles. The summed E-state index contributed by atoms with van der Waals surface area (Å²) in [6.45, 7) is 2.27. The largest absolute Gasteiger partial charge is 0.399 e. The maximum atomic E-state index is 6.17. The lowest BCUT2D eigenvalue weighted by Crippen LogP contribution is -1.96. The van der Waals surface area contributed by atoms with Gasteiger partial charge in [-0.3, -0.25) is 0 Å². The summed E-state index contributed by atoms with van der Waals surface area (Å²) < 4.78 is 0. The SMILES string of the molecule is CCCCCCCCCCc1cc(-c2ccc(N)cc2)ccc1N. The molecule has 24 heavy (non-hydrogen) atoms. The van der Waals surface area contributed by atoms with Crippen molar-refractivity contribution in [1.82, 2.24) is 0 Å². The maximum absolute atomic E-state index is 6.17. The van der Waals surface area contributed by atoms with E-state index in [2.05, 4.69) is 31.2 Å². The molecule has 2 aromatic rings. The van der Waals surface area contributed by atoms with E-state index in [1.54, 1.807) is 0 Å². The summed E-state index contributed by atoms with van der Waals surface area (Å²) >= 11 is 0. The van der Waals surface area contributed by atoms with Gasteiger partial charge in [0.25, 0.3) is 0 Å². The first kappa shape index (κ1) is 18.4. The van der Waals surface area contributed by atoms with Gasteiger partial charge in [-0.05, 0) is 53.8 Å². The van der Waals surface area contributed by atoms with Crippen molar-refractivity contribution in [1.29, 1.82) is 0 Å². The van der Waals surface area contributed by atoms with Crippen LogP contribution in [0.15, 0.2) is 42.5 Å². The van der Waals surface area contributed by atoms with Gasteiger partial charge in [0.1, 0.15) is 0 Å². The Morgan fingerprint density at radius 2 is 1.25 bits per heavy atom. The minimum Gasteiger partial charge on any atom is -0.399 e. The Morgan fingerprint density at radius 3 is 1.92 bits per heavy atom. The van der Waals surface area contributed by atoms with Gasteiger partial charge in [-0.25, -0.2) is 0 Å². The highest BCUT2D eigenvalue weighted by Gasteiger charge is 2.04. The van der Waals surface area contributed by atoms with E-state index in [1.165, 1.54) is 68.1 Å². The zero-order valence-electron chi connectivity index (χ0n) is 15.1. The molecular formula is C22H32N2. The molecule has 0 radical (unpaired) electrons. The van der Waals surface area contributed by atoms with Crippen molar-refractivity contribution in [2.75, 3.05) is 11.5 Å². The smallest absolute Gasteiger partial charge is 0.0346 e. The first-order valence-corrected chi connectivity index (χ1v) is 9.45. The third-order valence-corrected chi connectivity index (χ3v) is 4.69. The summed E-state index contributed by atoms with van der Waals surface area (Å²) in [5.74, 6) is 0. The van der Waals surface area contributed by atoms with E-state index >= 15 is 0 Å². The van der Waals surface area contributed by atoms with Crippen LogP contribution in [0, 0.1) is 0 Å². The van der Waals surface area contributed by atoms with Crippen LogP contribution in [-0.2, 0) is 6.42 Å². The van der Waals surface area contributed by atoms with E-state index in [-0.39, 0.29) is 0 Å². The number of nitrogen functional groups attached to an aromatic ring is 2. The lowest BCUT2D eigenvalue weighted by Gasteiger charge is -2.09. The molecule has 0 heterocycles. The summed E-state index contributed by atoms with van der Waals surface area (Å²) in [5, 5.41) is 0. The van der Waals surface area contributed by atoms with Crippen LogP contribution in [0.25, 0.3) is 11.1 Å². The van der Waals surface area contributed by atoms with Crippen molar-refractivity contribution in [3.8, 4) is 11.1 Å². The maximum Gasteiger partial charge on any atom is 0.0346 e. The number of anilines is 2. The molecule has 0 aromatic heterocycles. The molecule has 0 aliphatic rings. The third kappa shape index (κ3) is 5.92. The molecule has 0 aliphatic carbocycles. The molecule has 0 bridgehead atoms. The van der Waals surface area contributed by atoms with Crippen LogP contribution in [0.1, 0.15) is 63.9 Å². The van der Waals surface area contributed by atoms with Crippen LogP contribution in [0.5, 0.6) is 0 Å². The number of aryl methyl sites for hydroxylation is 1. The molecule has 2 nitrogen and oxygen atoms in total. The van der Waals surface area contributed by atoms with Crippen LogP contribution in [0.2, 0.25) is 0 Å². The van der Waals surface area contributed by atoms with E-state index in [4.69, 9.17) is 11.5 Å². The zero-order chi connectivity index (χ0) is 17.2. The summed E-state index contributed by atoms with van der Waals surface area (Å²) in [6, 6.07) is 14.4. The molecule has 2 rings (SSSR count). The molecule has 0 aliphatic heterocycles. The fourth-order valence-corrected chi connectivity index (χ4v) is 3.13. The highest BCUT2D eigenvalue weighted by Crippen LogP contribution is 2.26. The molecule has 2 heteroatoms. The highest BCUT2D eigenvalue weighted by molar-refractivity contribution is 5.69. The molecule has 0 amide bonds. The molecule has 4 N–H and O–H groups in total. The Morgan fingerprint density at radius 1 is 0.667 bits per heavy atom. The van der Waals surface area contributed by atoms with E-state index in [0.717, 1.165) is 17.8 Å². The Balaban J connectivity index is 1.82. The molecule has 0 saturated carbocycles. The molecule has 0 unspecified atom stereocenters. The summed E-state index contributed by atoms with van der Waals surface area (Å²) in [5.41, 5.74) is 17.3. The minimum atomic E-state index is 0.799. The number of benzene rings is 2. The number of nitrogens with two attached hydrogens (primary N) is 2. The monoisotopic (exact) mass is 324 g/mol. The normalized spacial score (nSPS) is 10.9. The van der Waals surface area contributed by atoms with Gasteiger partial charge in [0.05, 0.1) is 0 Å². The van der Waals surface area contributed by atoms with Gasteiger partial charge >= 0.3 is 0 Å². The summed E-state index contributed by atoms with van der Waals surface area (Å²) in [6.07, 6.45) is 11.8. The minimum absolute atomic E-state index is 0.799. The molecule has 0 fully saturated rings. The number of hydrogen-bond acceptors (Lipinski definition) is 2. The first-order valence-electron chi connectivity index (χ1n) is 9.45. The fraction of sp³-hybridized carbons (Fsp3) is 0.455. The summed E-state index contributed by atoms with van der Waals surface area (Å²) in [4.78, 5) is 0. The van der Waals surface area contributed by atoms with Crippen molar-refractivity contribution in [3.63, 3.8) is 0 Å². The van der Waals surface area contributed by atoms with Crippen molar-refractivity contribution in [2.45, 2.75) is 64.7 Å². The number of rotatable bonds is 10. The topological polar surface area (TPSA) is 52.0 Å². The third-order valence-electron chi connectivity index (χ3n) is 4.69. The van der Waals surface area contributed by atoms with Crippen molar-refractivity contribution in [3.05, 3.63) is 48.0 Å². The average molecular weight is 325 g/mol. The van der Waals surface area contributed by atoms with Crippen molar-refractivity contribution in [2.24, 2.45) is 0 Å². The van der Waals surface area contributed by atoms with Gasteiger partial charge in [-0.15, -0.1) is 0 Å². The molecule has 130 valence electrons. The second kappa shape index (κ2) is 10.0. The Bertz CT molecular complexity index is 602. The predicted octanol–water partition coefficient (Wildman–Crippen LogP) is 6.20. The van der Waals surface area contributed by atoms with Gasteiger partial charge in [0, 0.05) is 11.4 Å². The second-order valence-corrected chi connectivity index (χ2v) is 6.76. The predicted molar refractivity (Wildman–Crippen MR) is 107 cm³/mol. The van der Waals surface area contributed by atoms with Gasteiger partial charge in [-0.1, -0.05) is 70.1 Å². The van der Waals surface area contributed by atoms with E-state index in [1.807, 2.05) is 18.2 Å². The zero-order valence-corrected chi connectivity index (χ0v) is 15.1. The molecule has 2 aromatic carbocycles. The Labute approximate surface area is 147 Å². The Kier molecular flexibility index (Phi) is 7.67. The average Bonchev–Trinajstić information content (AvgIpc) is 2.59. The van der Waals surface area contributed by atoms with Gasteiger partial charge in [0.2, 0.25) is 0 Å². The van der Waals surface area contributed by atoms with Gasteiger partial charge in [0.15, 0.2) is 0 Å².